The second-order valence-corrected chi connectivity index (χ2v) is 5.94. The molecular formula is C18H26ClN3O. The Kier molecular flexibility index (Phi) is 7.98. The number of rotatable bonds is 7. The quantitative estimate of drug-likeness (QED) is 0.457. The van der Waals surface area contributed by atoms with E-state index < -0.39 is 0 Å². The van der Waals surface area contributed by atoms with Crippen molar-refractivity contribution in [1.82, 2.24) is 10.6 Å². The standard InChI is InChI=1S/C18H26ClN3O/c1-2-20-18(22-12-8-16-9-13-23-14-10-16)21-11-7-15-3-5-17(19)6-4-15/h3-6,9H,2,7-8,10-14H2,1H3,(H2,20,21,22). The third kappa shape index (κ3) is 7.06. The number of nitrogens with zero attached hydrogens (tertiary/aromatic N) is 1. The van der Waals surface area contributed by atoms with Crippen LogP contribution in [0.4, 0.5) is 0 Å². The third-order valence-corrected chi connectivity index (χ3v) is 3.98. The topological polar surface area (TPSA) is 45.7 Å². The van der Waals surface area contributed by atoms with Gasteiger partial charge in [0.1, 0.15) is 0 Å². The molecule has 1 aliphatic rings. The van der Waals surface area contributed by atoms with Gasteiger partial charge in [-0.05, 0) is 43.9 Å². The van der Waals surface area contributed by atoms with Gasteiger partial charge in [-0.25, -0.2) is 0 Å². The second kappa shape index (κ2) is 10.3. The van der Waals surface area contributed by atoms with Gasteiger partial charge in [0, 0.05) is 24.7 Å². The van der Waals surface area contributed by atoms with Crippen LogP contribution in [0, 0.1) is 0 Å². The zero-order chi connectivity index (χ0) is 16.3. The normalized spacial score (nSPS) is 15.2. The molecule has 1 aromatic rings. The van der Waals surface area contributed by atoms with E-state index in [1.165, 1.54) is 11.1 Å². The zero-order valence-corrected chi connectivity index (χ0v) is 14.5. The summed E-state index contributed by atoms with van der Waals surface area (Å²) in [6.07, 6.45) is 5.18. The lowest BCUT2D eigenvalue weighted by Gasteiger charge is -2.14. The first kappa shape index (κ1) is 17.8. The smallest absolute Gasteiger partial charge is 0.191 e. The highest BCUT2D eigenvalue weighted by Crippen LogP contribution is 2.11. The summed E-state index contributed by atoms with van der Waals surface area (Å²) in [4.78, 5) is 4.64. The lowest BCUT2D eigenvalue weighted by molar-refractivity contribution is 0.153. The van der Waals surface area contributed by atoms with Crippen molar-refractivity contribution in [3.63, 3.8) is 0 Å². The van der Waals surface area contributed by atoms with E-state index in [0.717, 1.165) is 63.1 Å². The SMILES string of the molecule is CCNC(=NCCC1=CCOCC1)NCCc1ccc(Cl)cc1. The summed E-state index contributed by atoms with van der Waals surface area (Å²) < 4.78 is 5.32. The molecule has 4 nitrogen and oxygen atoms in total. The molecule has 0 saturated heterocycles. The molecule has 1 aromatic carbocycles. The Balaban J connectivity index is 1.74. The molecule has 0 amide bonds. The Morgan fingerprint density at radius 2 is 2.04 bits per heavy atom. The van der Waals surface area contributed by atoms with Crippen molar-refractivity contribution >= 4 is 17.6 Å². The van der Waals surface area contributed by atoms with E-state index in [1.807, 2.05) is 12.1 Å². The van der Waals surface area contributed by atoms with Gasteiger partial charge in [0.2, 0.25) is 0 Å². The summed E-state index contributed by atoms with van der Waals surface area (Å²) in [5, 5.41) is 7.45. The maximum absolute atomic E-state index is 5.90. The van der Waals surface area contributed by atoms with Crippen molar-refractivity contribution in [2.75, 3.05) is 32.8 Å². The number of nitrogens with one attached hydrogen (secondary N) is 2. The van der Waals surface area contributed by atoms with Crippen LogP contribution in [0.3, 0.4) is 0 Å². The van der Waals surface area contributed by atoms with Gasteiger partial charge in [0.15, 0.2) is 5.96 Å². The van der Waals surface area contributed by atoms with Crippen LogP contribution in [0.25, 0.3) is 0 Å². The summed E-state index contributed by atoms with van der Waals surface area (Å²) in [7, 11) is 0. The Labute approximate surface area is 144 Å². The fourth-order valence-electron chi connectivity index (χ4n) is 2.42. The van der Waals surface area contributed by atoms with Crippen LogP contribution in [0.2, 0.25) is 5.02 Å². The number of ether oxygens (including phenoxy) is 1. The lowest BCUT2D eigenvalue weighted by atomic mass is 10.1. The molecule has 126 valence electrons. The van der Waals surface area contributed by atoms with Crippen LogP contribution in [0.1, 0.15) is 25.3 Å². The van der Waals surface area contributed by atoms with Crippen molar-refractivity contribution < 1.29 is 4.74 Å². The molecule has 0 aromatic heterocycles. The molecule has 0 bridgehead atoms. The molecule has 1 aliphatic heterocycles. The van der Waals surface area contributed by atoms with E-state index in [1.54, 1.807) is 0 Å². The van der Waals surface area contributed by atoms with Gasteiger partial charge in [0.05, 0.1) is 13.2 Å². The molecule has 5 heteroatoms. The van der Waals surface area contributed by atoms with Crippen molar-refractivity contribution in [3.8, 4) is 0 Å². The average molecular weight is 336 g/mol. The van der Waals surface area contributed by atoms with E-state index in [4.69, 9.17) is 16.3 Å². The van der Waals surface area contributed by atoms with Crippen molar-refractivity contribution in [1.29, 1.82) is 0 Å². The van der Waals surface area contributed by atoms with E-state index >= 15 is 0 Å². The van der Waals surface area contributed by atoms with Gasteiger partial charge < -0.3 is 15.4 Å². The predicted molar refractivity (Wildman–Crippen MR) is 97.3 cm³/mol. The minimum Gasteiger partial charge on any atom is -0.377 e. The van der Waals surface area contributed by atoms with Crippen LogP contribution < -0.4 is 10.6 Å². The van der Waals surface area contributed by atoms with Crippen LogP contribution in [-0.2, 0) is 11.2 Å². The molecule has 23 heavy (non-hydrogen) atoms. The Bertz CT molecular complexity index is 526. The van der Waals surface area contributed by atoms with Gasteiger partial charge >= 0.3 is 0 Å². The molecule has 0 unspecified atom stereocenters. The van der Waals surface area contributed by atoms with E-state index in [-0.39, 0.29) is 0 Å². The minimum atomic E-state index is 0.748. The molecule has 0 radical (unpaired) electrons. The zero-order valence-electron chi connectivity index (χ0n) is 13.8. The highest BCUT2D eigenvalue weighted by molar-refractivity contribution is 6.30. The summed E-state index contributed by atoms with van der Waals surface area (Å²) in [6.45, 7) is 6.19. The number of aliphatic imine (C=N–C) groups is 1. The van der Waals surface area contributed by atoms with Crippen LogP contribution >= 0.6 is 11.6 Å². The number of hydrogen-bond donors (Lipinski definition) is 2. The number of benzene rings is 1. The minimum absolute atomic E-state index is 0.748. The van der Waals surface area contributed by atoms with Gasteiger partial charge in [-0.15, -0.1) is 0 Å². The monoisotopic (exact) mass is 335 g/mol. The van der Waals surface area contributed by atoms with E-state index in [2.05, 4.69) is 40.8 Å². The molecule has 0 atom stereocenters. The van der Waals surface area contributed by atoms with Crippen LogP contribution in [0.5, 0.6) is 0 Å². The summed E-state index contributed by atoms with van der Waals surface area (Å²) in [6, 6.07) is 7.98. The molecule has 0 aliphatic carbocycles. The van der Waals surface area contributed by atoms with Crippen molar-refractivity contribution in [3.05, 3.63) is 46.5 Å². The number of hydrogen-bond acceptors (Lipinski definition) is 2. The Morgan fingerprint density at radius 3 is 2.74 bits per heavy atom. The maximum atomic E-state index is 5.90. The third-order valence-electron chi connectivity index (χ3n) is 3.72. The highest BCUT2D eigenvalue weighted by Gasteiger charge is 2.03. The molecule has 2 rings (SSSR count). The predicted octanol–water partition coefficient (Wildman–Crippen LogP) is 3.17. The highest BCUT2D eigenvalue weighted by atomic mass is 35.5. The van der Waals surface area contributed by atoms with Crippen molar-refractivity contribution in [2.24, 2.45) is 4.99 Å². The maximum Gasteiger partial charge on any atom is 0.191 e. The van der Waals surface area contributed by atoms with Crippen LogP contribution in [0.15, 0.2) is 40.9 Å². The Morgan fingerprint density at radius 1 is 1.22 bits per heavy atom. The van der Waals surface area contributed by atoms with Gasteiger partial charge in [-0.2, -0.15) is 0 Å². The number of halogens is 1. The Hall–Kier alpha value is -1.52. The first-order valence-electron chi connectivity index (χ1n) is 8.30. The molecule has 0 saturated carbocycles. The fraction of sp³-hybridized carbons (Fsp3) is 0.500. The summed E-state index contributed by atoms with van der Waals surface area (Å²) in [5.74, 6) is 0.883. The molecule has 0 spiro atoms. The van der Waals surface area contributed by atoms with Gasteiger partial charge in [-0.1, -0.05) is 35.4 Å². The largest absolute Gasteiger partial charge is 0.377 e. The van der Waals surface area contributed by atoms with Crippen LogP contribution in [-0.4, -0.2) is 38.8 Å². The lowest BCUT2D eigenvalue weighted by Crippen LogP contribution is -2.38. The second-order valence-electron chi connectivity index (χ2n) is 5.50. The average Bonchev–Trinajstić information content (AvgIpc) is 2.58. The molecule has 0 fully saturated rings. The fourth-order valence-corrected chi connectivity index (χ4v) is 2.55. The molecular weight excluding hydrogens is 310 g/mol. The summed E-state index contributed by atoms with van der Waals surface area (Å²) in [5.41, 5.74) is 2.72. The van der Waals surface area contributed by atoms with Gasteiger partial charge in [-0.3, -0.25) is 4.99 Å². The summed E-state index contributed by atoms with van der Waals surface area (Å²) >= 11 is 5.90. The van der Waals surface area contributed by atoms with E-state index in [0.29, 0.717) is 0 Å². The van der Waals surface area contributed by atoms with Crippen molar-refractivity contribution in [2.45, 2.75) is 26.2 Å². The number of guanidine groups is 1. The first-order chi connectivity index (χ1) is 11.3. The van der Waals surface area contributed by atoms with E-state index in [9.17, 15) is 0 Å². The molecule has 2 N–H and O–H groups in total. The molecule has 1 heterocycles. The van der Waals surface area contributed by atoms with Gasteiger partial charge in [0.25, 0.3) is 0 Å². The first-order valence-corrected chi connectivity index (χ1v) is 8.68.